The molecule has 12 heteroatoms. The number of likely N-dealkylation sites (tertiary alicyclic amines) is 1. The van der Waals surface area contributed by atoms with E-state index in [9.17, 15) is 28.8 Å². The van der Waals surface area contributed by atoms with Crippen molar-refractivity contribution in [1.29, 1.82) is 0 Å². The van der Waals surface area contributed by atoms with Gasteiger partial charge in [0.25, 0.3) is 5.91 Å². The van der Waals surface area contributed by atoms with Gasteiger partial charge < -0.3 is 30.9 Å². The maximum Gasteiger partial charge on any atom is 0.408 e. The normalized spacial score (nSPS) is 17.4. The third-order valence-corrected chi connectivity index (χ3v) is 7.82. The first-order chi connectivity index (χ1) is 22.3. The third kappa shape index (κ3) is 13.4. The number of ketones is 1. The van der Waals surface area contributed by atoms with Gasteiger partial charge in [-0.25, -0.2) is 4.79 Å². The third-order valence-electron chi connectivity index (χ3n) is 7.82. The van der Waals surface area contributed by atoms with Gasteiger partial charge in [0, 0.05) is 13.1 Å². The Balaban J connectivity index is 0.00000246. The fourth-order valence-electron chi connectivity index (χ4n) is 5.68. The molecule has 0 aromatic heterocycles. The Morgan fingerprint density at radius 1 is 0.894 bits per heavy atom. The summed E-state index contributed by atoms with van der Waals surface area (Å²) in [6.45, 7) is 11.5. The van der Waals surface area contributed by atoms with Gasteiger partial charge >= 0.3 is 6.09 Å². The van der Waals surface area contributed by atoms with E-state index >= 15 is 0 Å². The molecule has 0 radical (unpaired) electrons. The second-order valence-electron chi connectivity index (χ2n) is 13.2. The Hall–Kier alpha value is -3.96. The van der Waals surface area contributed by atoms with E-state index in [0.717, 1.165) is 31.2 Å². The van der Waals surface area contributed by atoms with Crippen LogP contribution in [0.15, 0.2) is 30.3 Å². The molecule has 47 heavy (non-hydrogen) atoms. The zero-order chi connectivity index (χ0) is 35.0. The van der Waals surface area contributed by atoms with Crippen LogP contribution in [0.3, 0.4) is 0 Å². The summed E-state index contributed by atoms with van der Waals surface area (Å²) < 4.78 is 5.41. The summed E-state index contributed by atoms with van der Waals surface area (Å²) in [6, 6.07) is 6.49. The van der Waals surface area contributed by atoms with Crippen molar-refractivity contribution in [3.63, 3.8) is 0 Å². The topological polar surface area (TPSA) is 163 Å². The highest BCUT2D eigenvalue weighted by Gasteiger charge is 2.42. The maximum atomic E-state index is 13.8. The van der Waals surface area contributed by atoms with Gasteiger partial charge in [-0.3, -0.25) is 24.0 Å². The first-order valence-electron chi connectivity index (χ1n) is 17.0. The van der Waals surface area contributed by atoms with Gasteiger partial charge in [0.15, 0.2) is 0 Å². The van der Waals surface area contributed by atoms with E-state index in [1.54, 1.807) is 20.8 Å². The van der Waals surface area contributed by atoms with Crippen molar-refractivity contribution in [1.82, 2.24) is 26.2 Å². The summed E-state index contributed by atoms with van der Waals surface area (Å²) >= 11 is 0. The molecular formula is C35H55N5O7. The summed E-state index contributed by atoms with van der Waals surface area (Å²) in [6.07, 6.45) is 5.73. The zero-order valence-corrected chi connectivity index (χ0v) is 29.0. The zero-order valence-electron chi connectivity index (χ0n) is 29.0. The first kappa shape index (κ1) is 39.2. The predicted octanol–water partition coefficient (Wildman–Crippen LogP) is 3.76. The molecule has 1 saturated heterocycles. The van der Waals surface area contributed by atoms with Crippen molar-refractivity contribution in [2.75, 3.05) is 13.1 Å². The van der Waals surface area contributed by atoms with E-state index in [4.69, 9.17) is 4.74 Å². The van der Waals surface area contributed by atoms with Gasteiger partial charge in [0.05, 0.1) is 12.6 Å². The summed E-state index contributed by atoms with van der Waals surface area (Å²) in [4.78, 5) is 79.2. The van der Waals surface area contributed by atoms with Crippen LogP contribution in [0.5, 0.6) is 0 Å². The van der Waals surface area contributed by atoms with E-state index in [1.165, 1.54) is 11.3 Å². The van der Waals surface area contributed by atoms with Crippen LogP contribution in [0.1, 0.15) is 105 Å². The molecule has 2 fully saturated rings. The Labute approximate surface area is 279 Å². The molecule has 1 aromatic carbocycles. The molecule has 1 heterocycles. The molecule has 12 nitrogen and oxygen atoms in total. The SMILES string of the molecule is CCC.CCCC(NC(=O)[C@@H]1CCCN1C(=O)[C@@H](NC(=O)OC(C)(C)C)C1CCCC1)C(=O)C(=O)NCC(=O)NCc1ccccc1. The van der Waals surface area contributed by atoms with Gasteiger partial charge in [0.2, 0.25) is 23.5 Å². The van der Waals surface area contributed by atoms with Crippen LogP contribution in [0.25, 0.3) is 0 Å². The molecule has 1 saturated carbocycles. The summed E-state index contributed by atoms with van der Waals surface area (Å²) in [5.41, 5.74) is 0.159. The largest absolute Gasteiger partial charge is 0.444 e. The lowest BCUT2D eigenvalue weighted by Gasteiger charge is -2.32. The van der Waals surface area contributed by atoms with Crippen LogP contribution in [0.2, 0.25) is 0 Å². The average molecular weight is 658 g/mol. The number of alkyl carbamates (subject to hydrolysis) is 1. The second kappa shape index (κ2) is 19.6. The molecule has 1 aromatic rings. The van der Waals surface area contributed by atoms with E-state index in [1.807, 2.05) is 37.3 Å². The van der Waals surface area contributed by atoms with Crippen molar-refractivity contribution in [3.8, 4) is 0 Å². The quantitative estimate of drug-likeness (QED) is 0.235. The van der Waals surface area contributed by atoms with Crippen LogP contribution in [-0.4, -0.2) is 77.2 Å². The Bertz CT molecular complexity index is 1190. The molecule has 1 unspecified atom stereocenters. The first-order valence-corrected chi connectivity index (χ1v) is 17.0. The van der Waals surface area contributed by atoms with Crippen LogP contribution in [-0.2, 0) is 35.3 Å². The molecular weight excluding hydrogens is 602 g/mol. The fraction of sp³-hybridized carbons (Fsp3) is 0.657. The molecule has 2 aliphatic rings. The monoisotopic (exact) mass is 657 g/mol. The van der Waals surface area contributed by atoms with E-state index in [0.29, 0.717) is 25.8 Å². The molecule has 3 rings (SSSR count). The number of carbonyl (C=O) groups is 6. The number of carbonyl (C=O) groups excluding carboxylic acids is 6. The van der Waals surface area contributed by atoms with Gasteiger partial charge in [-0.2, -0.15) is 0 Å². The van der Waals surface area contributed by atoms with Gasteiger partial charge in [-0.05, 0) is 64.4 Å². The number of rotatable bonds is 13. The number of benzene rings is 1. The Kier molecular flexibility index (Phi) is 16.4. The standard InChI is InChI=1S/C32H47N5O7.C3H8/c1-5-12-23(27(39)29(41)34-20-25(38)33-19-21-13-7-6-8-14-21)35-28(40)24-17-11-18-37(24)30(42)26(22-15-9-10-16-22)36-31(43)44-32(2,3)4;1-3-2/h6-8,13-14,22-24,26H,5,9-12,15-20H2,1-4H3,(H,33,38)(H,34,41)(H,35,40)(H,36,43);3H2,1-2H3/t23?,24-,26-;/m0./s1. The van der Waals surface area contributed by atoms with Crippen molar-refractivity contribution in [3.05, 3.63) is 35.9 Å². The highest BCUT2D eigenvalue weighted by atomic mass is 16.6. The Morgan fingerprint density at radius 3 is 2.13 bits per heavy atom. The number of Topliss-reactive ketones (excluding diaryl/α,β-unsaturated/α-hetero) is 1. The number of nitrogens with one attached hydrogen (secondary N) is 4. The van der Waals surface area contributed by atoms with E-state index < -0.39 is 53.3 Å². The van der Waals surface area contributed by atoms with Gasteiger partial charge in [-0.1, -0.05) is 76.8 Å². The van der Waals surface area contributed by atoms with Crippen molar-refractivity contribution >= 4 is 35.5 Å². The number of ether oxygens (including phenoxy) is 1. The molecule has 262 valence electrons. The molecule has 3 atom stereocenters. The second-order valence-corrected chi connectivity index (χ2v) is 13.2. The van der Waals surface area contributed by atoms with E-state index in [2.05, 4.69) is 35.1 Å². The number of hydrogen-bond acceptors (Lipinski definition) is 7. The van der Waals surface area contributed by atoms with E-state index in [-0.39, 0.29) is 31.3 Å². The lowest BCUT2D eigenvalue weighted by atomic mass is 9.96. The summed E-state index contributed by atoms with van der Waals surface area (Å²) in [7, 11) is 0. The minimum Gasteiger partial charge on any atom is -0.444 e. The summed E-state index contributed by atoms with van der Waals surface area (Å²) in [5.74, 6) is -3.23. The predicted molar refractivity (Wildman–Crippen MR) is 179 cm³/mol. The minimum atomic E-state index is -1.11. The number of hydrogen-bond donors (Lipinski definition) is 4. The summed E-state index contributed by atoms with van der Waals surface area (Å²) in [5, 5.41) is 10.5. The van der Waals surface area contributed by atoms with Crippen molar-refractivity contribution in [2.24, 2.45) is 5.92 Å². The smallest absolute Gasteiger partial charge is 0.408 e. The molecule has 4 N–H and O–H groups in total. The Morgan fingerprint density at radius 2 is 1.53 bits per heavy atom. The van der Waals surface area contributed by atoms with Crippen LogP contribution >= 0.6 is 0 Å². The molecule has 1 aliphatic carbocycles. The molecule has 0 bridgehead atoms. The maximum absolute atomic E-state index is 13.8. The van der Waals surface area contributed by atoms with Crippen LogP contribution in [0, 0.1) is 5.92 Å². The minimum absolute atomic E-state index is 0.0673. The average Bonchev–Trinajstić information content (AvgIpc) is 3.74. The highest BCUT2D eigenvalue weighted by Crippen LogP contribution is 2.30. The van der Waals surface area contributed by atoms with Crippen LogP contribution < -0.4 is 21.3 Å². The van der Waals surface area contributed by atoms with Crippen molar-refractivity contribution in [2.45, 2.75) is 130 Å². The molecule has 5 amide bonds. The lowest BCUT2D eigenvalue weighted by molar-refractivity contribution is -0.143. The number of nitrogens with zero attached hydrogens (tertiary/aromatic N) is 1. The fourth-order valence-corrected chi connectivity index (χ4v) is 5.68. The highest BCUT2D eigenvalue weighted by molar-refractivity contribution is 6.38. The lowest BCUT2D eigenvalue weighted by Crippen LogP contribution is -2.58. The van der Waals surface area contributed by atoms with Crippen LogP contribution in [0.4, 0.5) is 4.79 Å². The van der Waals surface area contributed by atoms with Crippen molar-refractivity contribution < 1.29 is 33.5 Å². The van der Waals surface area contributed by atoms with Gasteiger partial charge in [-0.15, -0.1) is 0 Å². The molecule has 0 spiro atoms. The van der Waals surface area contributed by atoms with Gasteiger partial charge in [0.1, 0.15) is 17.7 Å². The molecule has 1 aliphatic heterocycles. The number of amides is 5.